The number of thiophene rings is 1. The molecule has 2 N–H and O–H groups in total. The van der Waals surface area contributed by atoms with Gasteiger partial charge in [-0.05, 0) is 36.1 Å². The summed E-state index contributed by atoms with van der Waals surface area (Å²) in [5.74, 6) is -0.108. The fourth-order valence-electron chi connectivity index (χ4n) is 4.44. The highest BCUT2D eigenvalue weighted by molar-refractivity contribution is 7.10. The maximum Gasteiger partial charge on any atom is 0.336 e. The highest BCUT2D eigenvalue weighted by Gasteiger charge is 2.46. The molecule has 1 aromatic rings. The van der Waals surface area contributed by atoms with Gasteiger partial charge in [-0.25, -0.2) is 4.79 Å². The van der Waals surface area contributed by atoms with E-state index in [1.54, 1.807) is 6.07 Å². The number of carbonyl (C=O) groups is 1. The molecular formula is C17H24O3S. The molecule has 2 atom stereocenters. The van der Waals surface area contributed by atoms with Crippen molar-refractivity contribution in [1.82, 2.24) is 0 Å². The van der Waals surface area contributed by atoms with Gasteiger partial charge in [-0.2, -0.15) is 0 Å². The van der Waals surface area contributed by atoms with Crippen LogP contribution in [0, 0.1) is 11.8 Å². The molecule has 0 radical (unpaired) electrons. The lowest BCUT2D eigenvalue weighted by atomic mass is 9.64. The first-order valence-electron chi connectivity index (χ1n) is 8.16. The van der Waals surface area contributed by atoms with Crippen molar-refractivity contribution >= 4 is 17.3 Å². The Kier molecular flexibility index (Phi) is 4.36. The smallest absolute Gasteiger partial charge is 0.336 e. The highest BCUT2D eigenvalue weighted by atomic mass is 32.1. The van der Waals surface area contributed by atoms with Crippen molar-refractivity contribution < 1.29 is 15.0 Å². The second-order valence-electron chi connectivity index (χ2n) is 6.64. The average molecular weight is 308 g/mol. The van der Waals surface area contributed by atoms with Crippen LogP contribution in [0.25, 0.3) is 0 Å². The van der Waals surface area contributed by atoms with Gasteiger partial charge in [0.2, 0.25) is 0 Å². The number of rotatable bonds is 3. The molecular weight excluding hydrogens is 284 g/mol. The first-order valence-corrected chi connectivity index (χ1v) is 9.04. The van der Waals surface area contributed by atoms with E-state index in [-0.39, 0.29) is 5.92 Å². The molecule has 2 unspecified atom stereocenters. The van der Waals surface area contributed by atoms with Gasteiger partial charge >= 0.3 is 5.97 Å². The number of carboxylic acids is 1. The molecule has 0 aliphatic heterocycles. The Hall–Kier alpha value is -0.870. The Balaban J connectivity index is 1.94. The predicted octanol–water partition coefficient (Wildman–Crippen LogP) is 4.40. The molecule has 2 aliphatic carbocycles. The predicted molar refractivity (Wildman–Crippen MR) is 83.7 cm³/mol. The van der Waals surface area contributed by atoms with Gasteiger partial charge in [-0.1, -0.05) is 44.9 Å². The van der Waals surface area contributed by atoms with E-state index in [2.05, 4.69) is 0 Å². The van der Waals surface area contributed by atoms with Crippen LogP contribution in [0.2, 0.25) is 0 Å². The summed E-state index contributed by atoms with van der Waals surface area (Å²) in [6, 6.07) is 1.65. The first-order chi connectivity index (χ1) is 10.1. The monoisotopic (exact) mass is 308 g/mol. The van der Waals surface area contributed by atoms with E-state index in [9.17, 15) is 15.0 Å². The van der Waals surface area contributed by atoms with Crippen LogP contribution in [0.5, 0.6) is 0 Å². The third-order valence-electron chi connectivity index (χ3n) is 5.44. The largest absolute Gasteiger partial charge is 0.478 e. The summed E-state index contributed by atoms with van der Waals surface area (Å²) in [5, 5.41) is 22.6. The summed E-state index contributed by atoms with van der Waals surface area (Å²) in [7, 11) is 0. The van der Waals surface area contributed by atoms with Crippen molar-refractivity contribution in [2.24, 2.45) is 11.8 Å². The molecule has 0 aromatic carbocycles. The zero-order valence-corrected chi connectivity index (χ0v) is 13.2. The standard InChI is InChI=1S/C17H24O3S/c18-16(19)13-9-11-21-15(13)17(20)10-5-4-8-14(17)12-6-2-1-3-7-12/h9,11-12,14,20H,1-8,10H2,(H,18,19). The Morgan fingerprint density at radius 1 is 1.14 bits per heavy atom. The molecule has 3 rings (SSSR count). The minimum Gasteiger partial charge on any atom is -0.478 e. The van der Waals surface area contributed by atoms with Gasteiger partial charge in [-0.3, -0.25) is 0 Å². The molecule has 2 fully saturated rings. The zero-order valence-electron chi connectivity index (χ0n) is 12.4. The van der Waals surface area contributed by atoms with E-state index in [1.165, 1.54) is 43.4 Å². The maximum absolute atomic E-state index is 11.4. The van der Waals surface area contributed by atoms with Gasteiger partial charge in [-0.15, -0.1) is 11.3 Å². The number of carboxylic acid groups (broad SMARTS) is 1. The van der Waals surface area contributed by atoms with E-state index in [0.717, 1.165) is 25.7 Å². The van der Waals surface area contributed by atoms with E-state index < -0.39 is 11.6 Å². The van der Waals surface area contributed by atoms with E-state index in [1.807, 2.05) is 5.38 Å². The van der Waals surface area contributed by atoms with Gasteiger partial charge < -0.3 is 10.2 Å². The molecule has 0 bridgehead atoms. The van der Waals surface area contributed by atoms with Crippen LogP contribution < -0.4 is 0 Å². The SMILES string of the molecule is O=C(O)c1ccsc1C1(O)CCCCC1C1CCCCC1. The summed E-state index contributed by atoms with van der Waals surface area (Å²) in [6.45, 7) is 0. The fourth-order valence-corrected chi connectivity index (χ4v) is 5.52. The van der Waals surface area contributed by atoms with Crippen molar-refractivity contribution in [2.75, 3.05) is 0 Å². The van der Waals surface area contributed by atoms with Gasteiger partial charge in [0.1, 0.15) is 5.60 Å². The molecule has 0 saturated heterocycles. The summed E-state index contributed by atoms with van der Waals surface area (Å²) < 4.78 is 0. The van der Waals surface area contributed by atoms with Crippen molar-refractivity contribution in [3.63, 3.8) is 0 Å². The van der Waals surface area contributed by atoms with Crippen molar-refractivity contribution in [3.05, 3.63) is 21.9 Å². The molecule has 2 aliphatic rings. The molecule has 1 heterocycles. The normalized spacial score (nSPS) is 31.2. The van der Waals surface area contributed by atoms with Crippen LogP contribution in [-0.2, 0) is 5.60 Å². The Labute approximate surface area is 130 Å². The lowest BCUT2D eigenvalue weighted by molar-refractivity contribution is -0.0812. The second-order valence-corrected chi connectivity index (χ2v) is 7.56. The Morgan fingerprint density at radius 3 is 2.57 bits per heavy atom. The minimum atomic E-state index is -0.915. The van der Waals surface area contributed by atoms with Crippen molar-refractivity contribution in [2.45, 2.75) is 63.4 Å². The maximum atomic E-state index is 11.4. The third kappa shape index (κ3) is 2.76. The van der Waals surface area contributed by atoms with Crippen LogP contribution in [0.15, 0.2) is 11.4 Å². The van der Waals surface area contributed by atoms with Crippen LogP contribution >= 0.6 is 11.3 Å². The van der Waals surface area contributed by atoms with Gasteiger partial charge in [0.15, 0.2) is 0 Å². The molecule has 0 amide bonds. The molecule has 116 valence electrons. The summed E-state index contributed by atoms with van der Waals surface area (Å²) in [4.78, 5) is 12.1. The van der Waals surface area contributed by atoms with Crippen LogP contribution in [0.1, 0.15) is 73.0 Å². The second kappa shape index (κ2) is 6.09. The molecule has 4 heteroatoms. The Morgan fingerprint density at radius 2 is 1.86 bits per heavy atom. The average Bonchev–Trinajstić information content (AvgIpc) is 2.99. The third-order valence-corrected chi connectivity index (χ3v) is 6.53. The number of aliphatic hydroxyl groups is 1. The fraction of sp³-hybridized carbons (Fsp3) is 0.706. The topological polar surface area (TPSA) is 57.5 Å². The van der Waals surface area contributed by atoms with Crippen LogP contribution in [-0.4, -0.2) is 16.2 Å². The number of hydrogen-bond acceptors (Lipinski definition) is 3. The van der Waals surface area contributed by atoms with Crippen molar-refractivity contribution in [3.8, 4) is 0 Å². The van der Waals surface area contributed by atoms with E-state index in [4.69, 9.17) is 0 Å². The summed E-state index contributed by atoms with van der Waals surface area (Å²) in [5.41, 5.74) is -0.604. The number of hydrogen-bond donors (Lipinski definition) is 2. The lowest BCUT2D eigenvalue weighted by Gasteiger charge is -2.45. The molecule has 21 heavy (non-hydrogen) atoms. The number of aromatic carboxylic acids is 1. The van der Waals surface area contributed by atoms with Crippen LogP contribution in [0.4, 0.5) is 0 Å². The summed E-state index contributed by atoms with van der Waals surface area (Å²) in [6.07, 6.45) is 10.1. The van der Waals surface area contributed by atoms with E-state index >= 15 is 0 Å². The molecule has 2 saturated carbocycles. The van der Waals surface area contributed by atoms with Crippen LogP contribution in [0.3, 0.4) is 0 Å². The molecule has 3 nitrogen and oxygen atoms in total. The van der Waals surface area contributed by atoms with Crippen molar-refractivity contribution in [1.29, 1.82) is 0 Å². The highest BCUT2D eigenvalue weighted by Crippen LogP contribution is 2.50. The Bertz CT molecular complexity index is 504. The molecule has 0 spiro atoms. The molecule has 1 aromatic heterocycles. The zero-order chi connectivity index (χ0) is 14.9. The van der Waals surface area contributed by atoms with Gasteiger partial charge in [0, 0.05) is 0 Å². The van der Waals surface area contributed by atoms with Gasteiger partial charge in [0.05, 0.1) is 10.4 Å². The minimum absolute atomic E-state index is 0.239. The summed E-state index contributed by atoms with van der Waals surface area (Å²) >= 11 is 1.42. The van der Waals surface area contributed by atoms with E-state index in [0.29, 0.717) is 16.4 Å². The lowest BCUT2D eigenvalue weighted by Crippen LogP contribution is -2.42. The first kappa shape index (κ1) is 15.0. The van der Waals surface area contributed by atoms with Gasteiger partial charge in [0.25, 0.3) is 0 Å². The quantitative estimate of drug-likeness (QED) is 0.870.